The van der Waals surface area contributed by atoms with Gasteiger partial charge in [-0.2, -0.15) is 0 Å². The van der Waals surface area contributed by atoms with Crippen LogP contribution in [0.4, 0.5) is 0 Å². The first-order valence-corrected chi connectivity index (χ1v) is 11.0. The number of nitrogens with one attached hydrogen (secondary N) is 2. The lowest BCUT2D eigenvalue weighted by Crippen LogP contribution is -2.48. The Labute approximate surface area is 205 Å². The van der Waals surface area contributed by atoms with Crippen molar-refractivity contribution in [3.8, 4) is 0 Å². The molecule has 9 heteroatoms. The van der Waals surface area contributed by atoms with Crippen molar-refractivity contribution in [3.05, 3.63) is 51.3 Å². The van der Waals surface area contributed by atoms with E-state index < -0.39 is 0 Å². The second-order valence-electron chi connectivity index (χ2n) is 7.28. The third kappa shape index (κ3) is 7.59. The van der Waals surface area contributed by atoms with Gasteiger partial charge < -0.3 is 15.2 Å². The third-order valence-corrected chi connectivity index (χ3v) is 5.76. The van der Waals surface area contributed by atoms with Gasteiger partial charge in [0.25, 0.3) is 0 Å². The van der Waals surface area contributed by atoms with Crippen LogP contribution in [-0.4, -0.2) is 41.7 Å². The lowest BCUT2D eigenvalue weighted by atomic mass is 10.0. The smallest absolute Gasteiger partial charge is 0.191 e. The maximum atomic E-state index is 6.13. The van der Waals surface area contributed by atoms with Crippen LogP contribution in [0.3, 0.4) is 0 Å². The van der Waals surface area contributed by atoms with Gasteiger partial charge in [-0.3, -0.25) is 4.90 Å². The zero-order valence-electron chi connectivity index (χ0n) is 17.5. The summed E-state index contributed by atoms with van der Waals surface area (Å²) in [6, 6.07) is 8.23. The number of piperidine rings is 1. The predicted molar refractivity (Wildman–Crippen MR) is 134 cm³/mol. The molecule has 0 bridgehead atoms. The van der Waals surface area contributed by atoms with Crippen molar-refractivity contribution in [3.63, 3.8) is 0 Å². The lowest BCUT2D eigenvalue weighted by Gasteiger charge is -2.33. The Balaban J connectivity index is 0.00000320. The molecule has 1 aliphatic heterocycles. The molecule has 30 heavy (non-hydrogen) atoms. The van der Waals surface area contributed by atoms with Gasteiger partial charge in [0.05, 0.1) is 15.7 Å². The zero-order chi connectivity index (χ0) is 20.6. The average Bonchev–Trinajstić information content (AvgIpc) is 3.19. The zero-order valence-corrected chi connectivity index (χ0v) is 21.3. The van der Waals surface area contributed by atoms with Gasteiger partial charge in [0.1, 0.15) is 6.54 Å². The van der Waals surface area contributed by atoms with Gasteiger partial charge in [-0.05, 0) is 43.9 Å². The molecule has 0 atom stereocenters. The molecule has 0 radical (unpaired) electrons. The summed E-state index contributed by atoms with van der Waals surface area (Å²) in [7, 11) is 0. The van der Waals surface area contributed by atoms with E-state index in [9.17, 15) is 0 Å². The van der Waals surface area contributed by atoms with E-state index in [2.05, 4.69) is 39.5 Å². The highest BCUT2D eigenvalue weighted by molar-refractivity contribution is 14.0. The van der Waals surface area contributed by atoms with Crippen molar-refractivity contribution in [1.82, 2.24) is 20.7 Å². The molecule has 3 rings (SSSR count). The molecular weight excluding hydrogens is 536 g/mol. The summed E-state index contributed by atoms with van der Waals surface area (Å²) in [5.74, 6) is 1.61. The summed E-state index contributed by atoms with van der Waals surface area (Å²) in [6.07, 6.45) is 2.99. The first kappa shape index (κ1) is 25.2. The van der Waals surface area contributed by atoms with E-state index in [1.54, 1.807) is 0 Å². The standard InChI is InChI=1S/C21H29Cl2N5O.HI/c1-3-16-12-18(29-27-16)13-25-21(24-4-2)26-17-7-9-28(10-8-17)14-15-5-6-19(22)20(23)11-15;/h5-6,11-12,17H,3-4,7-10,13-14H2,1-2H3,(H2,24,25,26);1H. The minimum Gasteiger partial charge on any atom is -0.359 e. The van der Waals surface area contributed by atoms with E-state index in [0.717, 1.165) is 62.9 Å². The highest BCUT2D eigenvalue weighted by Gasteiger charge is 2.20. The van der Waals surface area contributed by atoms with Gasteiger partial charge in [-0.15, -0.1) is 24.0 Å². The molecule has 1 fully saturated rings. The van der Waals surface area contributed by atoms with Crippen LogP contribution in [0.2, 0.25) is 10.0 Å². The molecule has 166 valence electrons. The van der Waals surface area contributed by atoms with Crippen LogP contribution in [0.1, 0.15) is 43.7 Å². The van der Waals surface area contributed by atoms with Crippen molar-refractivity contribution < 1.29 is 4.52 Å². The van der Waals surface area contributed by atoms with Crippen molar-refractivity contribution in [1.29, 1.82) is 0 Å². The normalized spacial score (nSPS) is 15.7. The van der Waals surface area contributed by atoms with Gasteiger partial charge in [-0.1, -0.05) is 41.3 Å². The minimum absolute atomic E-state index is 0. The topological polar surface area (TPSA) is 65.7 Å². The first-order valence-electron chi connectivity index (χ1n) is 10.2. The fourth-order valence-corrected chi connectivity index (χ4v) is 3.72. The van der Waals surface area contributed by atoms with E-state index in [1.807, 2.05) is 24.3 Å². The Hall–Kier alpha value is -1.03. The number of nitrogens with zero attached hydrogens (tertiary/aromatic N) is 3. The predicted octanol–water partition coefficient (Wildman–Crippen LogP) is 4.88. The molecule has 2 heterocycles. The molecule has 2 aromatic rings. The van der Waals surface area contributed by atoms with E-state index in [1.165, 1.54) is 5.56 Å². The number of halogens is 3. The monoisotopic (exact) mass is 565 g/mol. The number of aliphatic imine (C=N–C) groups is 1. The molecule has 1 aromatic heterocycles. The highest BCUT2D eigenvalue weighted by Crippen LogP contribution is 2.24. The number of hydrogen-bond donors (Lipinski definition) is 2. The van der Waals surface area contributed by atoms with Gasteiger partial charge >= 0.3 is 0 Å². The van der Waals surface area contributed by atoms with Crippen LogP contribution < -0.4 is 10.6 Å². The van der Waals surface area contributed by atoms with Crippen LogP contribution in [0, 0.1) is 0 Å². The highest BCUT2D eigenvalue weighted by atomic mass is 127. The quantitative estimate of drug-likeness (QED) is 0.284. The molecule has 0 spiro atoms. The molecule has 1 aromatic carbocycles. The lowest BCUT2D eigenvalue weighted by molar-refractivity contribution is 0.198. The number of aromatic nitrogens is 1. The molecule has 0 saturated carbocycles. The largest absolute Gasteiger partial charge is 0.359 e. The number of benzene rings is 1. The van der Waals surface area contributed by atoms with Crippen molar-refractivity contribution in [2.45, 2.75) is 52.2 Å². The molecule has 0 amide bonds. The maximum Gasteiger partial charge on any atom is 0.191 e. The van der Waals surface area contributed by atoms with Crippen molar-refractivity contribution in [2.75, 3.05) is 19.6 Å². The second-order valence-corrected chi connectivity index (χ2v) is 8.09. The Bertz CT molecular complexity index is 821. The van der Waals surface area contributed by atoms with Gasteiger partial charge in [0.15, 0.2) is 11.7 Å². The SMILES string of the molecule is CCNC(=NCc1cc(CC)no1)NC1CCN(Cc2ccc(Cl)c(Cl)c2)CC1.I. The van der Waals surface area contributed by atoms with E-state index >= 15 is 0 Å². The molecule has 1 aliphatic rings. The summed E-state index contributed by atoms with van der Waals surface area (Å²) in [5, 5.41) is 12.1. The van der Waals surface area contributed by atoms with Gasteiger partial charge in [-0.25, -0.2) is 4.99 Å². The summed E-state index contributed by atoms with van der Waals surface area (Å²) < 4.78 is 5.32. The molecule has 0 unspecified atom stereocenters. The molecule has 2 N–H and O–H groups in total. The Morgan fingerprint density at radius 1 is 1.20 bits per heavy atom. The second kappa shape index (κ2) is 12.7. The molecule has 1 saturated heterocycles. The molecule has 0 aliphatic carbocycles. The van der Waals surface area contributed by atoms with Gasteiger partial charge in [0.2, 0.25) is 0 Å². The fourth-order valence-electron chi connectivity index (χ4n) is 3.40. The number of guanidine groups is 1. The molecule has 6 nitrogen and oxygen atoms in total. The Morgan fingerprint density at radius 2 is 1.97 bits per heavy atom. The van der Waals surface area contributed by atoms with E-state index in [0.29, 0.717) is 22.6 Å². The van der Waals surface area contributed by atoms with Crippen LogP contribution in [0.15, 0.2) is 33.8 Å². The molecular formula is C21H30Cl2IN5O. The Kier molecular flexibility index (Phi) is 10.7. The van der Waals surface area contributed by atoms with Crippen LogP contribution in [-0.2, 0) is 19.5 Å². The van der Waals surface area contributed by atoms with E-state index in [-0.39, 0.29) is 24.0 Å². The minimum atomic E-state index is 0. The fraction of sp³-hybridized carbons (Fsp3) is 0.524. The van der Waals surface area contributed by atoms with Crippen LogP contribution in [0.5, 0.6) is 0 Å². The third-order valence-electron chi connectivity index (χ3n) is 5.03. The van der Waals surface area contributed by atoms with Crippen molar-refractivity contribution in [2.24, 2.45) is 4.99 Å². The summed E-state index contributed by atoms with van der Waals surface area (Å²) in [5.41, 5.74) is 2.15. The number of likely N-dealkylation sites (tertiary alicyclic amines) is 1. The summed E-state index contributed by atoms with van der Waals surface area (Å²) in [6.45, 7) is 8.38. The first-order chi connectivity index (χ1) is 14.1. The number of rotatable bonds is 7. The van der Waals surface area contributed by atoms with Crippen molar-refractivity contribution >= 4 is 53.1 Å². The average molecular weight is 566 g/mol. The van der Waals surface area contributed by atoms with Crippen LogP contribution >= 0.6 is 47.2 Å². The van der Waals surface area contributed by atoms with E-state index in [4.69, 9.17) is 27.7 Å². The summed E-state index contributed by atoms with van der Waals surface area (Å²) in [4.78, 5) is 7.10. The summed E-state index contributed by atoms with van der Waals surface area (Å²) >= 11 is 12.1. The Morgan fingerprint density at radius 3 is 2.60 bits per heavy atom. The van der Waals surface area contributed by atoms with Gasteiger partial charge in [0, 0.05) is 38.3 Å². The maximum absolute atomic E-state index is 6.13. The number of aryl methyl sites for hydroxylation is 1. The van der Waals surface area contributed by atoms with Crippen LogP contribution in [0.25, 0.3) is 0 Å². The number of hydrogen-bond acceptors (Lipinski definition) is 4.